The lowest BCUT2D eigenvalue weighted by molar-refractivity contribution is 0.0952. The van der Waals surface area contributed by atoms with E-state index in [9.17, 15) is 4.79 Å². The first-order valence-electron chi connectivity index (χ1n) is 6.34. The first kappa shape index (κ1) is 15.1. The number of hydrogen-bond acceptors (Lipinski definition) is 3. The van der Waals surface area contributed by atoms with Crippen LogP contribution in [0.15, 0.2) is 47.6 Å². The first-order valence-corrected chi connectivity index (χ1v) is 6.71. The second kappa shape index (κ2) is 6.90. The van der Waals surface area contributed by atoms with Gasteiger partial charge in [-0.2, -0.15) is 5.10 Å². The summed E-state index contributed by atoms with van der Waals surface area (Å²) in [4.78, 5) is 12.1. The maximum Gasteiger partial charge on any atom is 0.275 e. The van der Waals surface area contributed by atoms with Crippen LogP contribution in [-0.2, 0) is 0 Å². The molecule has 0 bridgehead atoms. The highest BCUT2D eigenvalue weighted by Crippen LogP contribution is 2.19. The van der Waals surface area contributed by atoms with Gasteiger partial charge in [0.15, 0.2) is 0 Å². The Morgan fingerprint density at radius 1 is 1.29 bits per heavy atom. The fourth-order valence-corrected chi connectivity index (χ4v) is 2.00. The van der Waals surface area contributed by atoms with Gasteiger partial charge in [0.05, 0.1) is 18.9 Å². The van der Waals surface area contributed by atoms with E-state index in [0.29, 0.717) is 16.3 Å². The van der Waals surface area contributed by atoms with E-state index in [1.807, 2.05) is 25.1 Å². The van der Waals surface area contributed by atoms with E-state index in [1.165, 1.54) is 13.3 Å². The molecule has 0 heterocycles. The minimum Gasteiger partial charge on any atom is -0.496 e. The summed E-state index contributed by atoms with van der Waals surface area (Å²) in [5.74, 6) is 0.190. The van der Waals surface area contributed by atoms with E-state index < -0.39 is 0 Å². The van der Waals surface area contributed by atoms with Crippen molar-refractivity contribution in [2.24, 2.45) is 5.10 Å². The molecule has 0 aliphatic heterocycles. The van der Waals surface area contributed by atoms with Crippen LogP contribution in [0.1, 0.15) is 21.5 Å². The van der Waals surface area contributed by atoms with Crippen molar-refractivity contribution >= 4 is 23.7 Å². The van der Waals surface area contributed by atoms with Gasteiger partial charge in [-0.1, -0.05) is 29.8 Å². The van der Waals surface area contributed by atoms with Crippen molar-refractivity contribution in [3.05, 3.63) is 64.2 Å². The van der Waals surface area contributed by atoms with Crippen molar-refractivity contribution in [3.8, 4) is 5.75 Å². The van der Waals surface area contributed by atoms with Crippen molar-refractivity contribution < 1.29 is 9.53 Å². The molecule has 0 atom stereocenters. The summed E-state index contributed by atoms with van der Waals surface area (Å²) in [5, 5.41) is 4.53. The van der Waals surface area contributed by atoms with Crippen molar-refractivity contribution in [1.29, 1.82) is 0 Å². The second-order valence-electron chi connectivity index (χ2n) is 4.46. The number of nitrogens with one attached hydrogen (secondary N) is 1. The zero-order chi connectivity index (χ0) is 15.2. The number of rotatable bonds is 4. The highest BCUT2D eigenvalue weighted by atomic mass is 35.5. The fourth-order valence-electron chi connectivity index (χ4n) is 1.80. The molecule has 4 nitrogen and oxygen atoms in total. The predicted octanol–water partition coefficient (Wildman–Crippen LogP) is 3.42. The molecule has 0 saturated carbocycles. The number of benzene rings is 2. The summed E-state index contributed by atoms with van der Waals surface area (Å²) in [6.07, 6.45) is 1.53. The van der Waals surface area contributed by atoms with Crippen LogP contribution in [-0.4, -0.2) is 19.2 Å². The third-order valence-electron chi connectivity index (χ3n) is 2.83. The van der Waals surface area contributed by atoms with E-state index in [0.717, 1.165) is 11.1 Å². The number of amides is 1. The summed E-state index contributed by atoms with van der Waals surface area (Å²) in [5.41, 5.74) is 4.73. The van der Waals surface area contributed by atoms with Gasteiger partial charge in [-0.05, 0) is 42.3 Å². The average Bonchev–Trinajstić information content (AvgIpc) is 2.47. The van der Waals surface area contributed by atoms with Crippen LogP contribution in [0.25, 0.3) is 0 Å². The Balaban J connectivity index is 2.08. The van der Waals surface area contributed by atoms with Gasteiger partial charge >= 0.3 is 0 Å². The summed E-state index contributed by atoms with van der Waals surface area (Å²) in [7, 11) is 1.53. The van der Waals surface area contributed by atoms with Gasteiger partial charge in [0.1, 0.15) is 5.75 Å². The summed E-state index contributed by atoms with van der Waals surface area (Å²) in [6.45, 7) is 1.93. The molecular weight excluding hydrogens is 288 g/mol. The molecule has 0 aliphatic rings. The lowest BCUT2D eigenvalue weighted by Gasteiger charge is -2.07. The van der Waals surface area contributed by atoms with Crippen LogP contribution in [0.5, 0.6) is 5.75 Å². The molecular formula is C16H15ClN2O2. The molecule has 2 aromatic rings. The van der Waals surface area contributed by atoms with Crippen LogP contribution in [0.4, 0.5) is 0 Å². The molecule has 0 unspecified atom stereocenters. The van der Waals surface area contributed by atoms with Gasteiger partial charge in [0.2, 0.25) is 0 Å². The van der Waals surface area contributed by atoms with E-state index in [2.05, 4.69) is 10.5 Å². The van der Waals surface area contributed by atoms with Gasteiger partial charge in [-0.15, -0.1) is 0 Å². The Hall–Kier alpha value is -2.33. The molecule has 0 radical (unpaired) electrons. The highest BCUT2D eigenvalue weighted by Gasteiger charge is 2.11. The molecule has 0 aliphatic carbocycles. The van der Waals surface area contributed by atoms with Gasteiger partial charge < -0.3 is 4.74 Å². The molecule has 0 aromatic heterocycles. The number of aryl methyl sites for hydroxylation is 1. The SMILES string of the molecule is COc1cc(C)ccc1C(=O)N/N=C\c1cccc(Cl)c1. The largest absolute Gasteiger partial charge is 0.496 e. The third kappa shape index (κ3) is 4.07. The van der Waals surface area contributed by atoms with E-state index in [-0.39, 0.29) is 5.91 Å². The van der Waals surface area contributed by atoms with E-state index >= 15 is 0 Å². The Morgan fingerprint density at radius 2 is 2.10 bits per heavy atom. The molecule has 0 fully saturated rings. The third-order valence-corrected chi connectivity index (χ3v) is 3.07. The first-order chi connectivity index (χ1) is 10.1. The van der Waals surface area contributed by atoms with Crippen LogP contribution < -0.4 is 10.2 Å². The molecule has 0 saturated heterocycles. The Kier molecular flexibility index (Phi) is 4.95. The number of carbonyl (C=O) groups is 1. The molecule has 2 rings (SSSR count). The highest BCUT2D eigenvalue weighted by molar-refractivity contribution is 6.30. The van der Waals surface area contributed by atoms with Crippen LogP contribution in [0, 0.1) is 6.92 Å². The van der Waals surface area contributed by atoms with Crippen molar-refractivity contribution in [2.75, 3.05) is 7.11 Å². The fraction of sp³-hybridized carbons (Fsp3) is 0.125. The topological polar surface area (TPSA) is 50.7 Å². The smallest absolute Gasteiger partial charge is 0.275 e. The molecule has 108 valence electrons. The number of ether oxygens (including phenoxy) is 1. The minimum absolute atomic E-state index is 0.329. The predicted molar refractivity (Wildman–Crippen MR) is 84.2 cm³/mol. The van der Waals surface area contributed by atoms with Crippen molar-refractivity contribution in [3.63, 3.8) is 0 Å². The van der Waals surface area contributed by atoms with Crippen LogP contribution in [0.2, 0.25) is 5.02 Å². The van der Waals surface area contributed by atoms with Gasteiger partial charge in [-0.3, -0.25) is 4.79 Å². The number of methoxy groups -OCH3 is 1. The molecule has 21 heavy (non-hydrogen) atoms. The zero-order valence-electron chi connectivity index (χ0n) is 11.8. The standard InChI is InChI=1S/C16H15ClN2O2/c1-11-6-7-14(15(8-11)21-2)16(20)19-18-10-12-4-3-5-13(17)9-12/h3-10H,1-2H3,(H,19,20)/b18-10-. The summed E-state index contributed by atoms with van der Waals surface area (Å²) in [6, 6.07) is 12.5. The lowest BCUT2D eigenvalue weighted by Crippen LogP contribution is -2.18. The molecule has 1 N–H and O–H groups in total. The van der Waals surface area contributed by atoms with Gasteiger partial charge in [-0.25, -0.2) is 5.43 Å². The van der Waals surface area contributed by atoms with Crippen molar-refractivity contribution in [1.82, 2.24) is 5.43 Å². The number of hydrogen-bond donors (Lipinski definition) is 1. The normalized spacial score (nSPS) is 10.6. The van der Waals surface area contributed by atoms with Gasteiger partial charge in [0, 0.05) is 5.02 Å². The quantitative estimate of drug-likeness (QED) is 0.695. The molecule has 0 spiro atoms. The van der Waals surface area contributed by atoms with Gasteiger partial charge in [0.25, 0.3) is 5.91 Å². The number of halogens is 1. The summed E-state index contributed by atoms with van der Waals surface area (Å²) >= 11 is 5.87. The second-order valence-corrected chi connectivity index (χ2v) is 4.89. The molecule has 2 aromatic carbocycles. The maximum atomic E-state index is 12.1. The number of nitrogens with zero attached hydrogens (tertiary/aromatic N) is 1. The lowest BCUT2D eigenvalue weighted by atomic mass is 10.1. The average molecular weight is 303 g/mol. The maximum absolute atomic E-state index is 12.1. The van der Waals surface area contributed by atoms with Crippen LogP contribution in [0.3, 0.4) is 0 Å². The minimum atomic E-state index is -0.329. The molecule has 1 amide bonds. The van der Waals surface area contributed by atoms with E-state index in [1.54, 1.807) is 24.3 Å². The Morgan fingerprint density at radius 3 is 2.81 bits per heavy atom. The Labute approximate surface area is 128 Å². The molecule has 5 heteroatoms. The van der Waals surface area contributed by atoms with E-state index in [4.69, 9.17) is 16.3 Å². The van der Waals surface area contributed by atoms with Crippen molar-refractivity contribution in [2.45, 2.75) is 6.92 Å². The van der Waals surface area contributed by atoms with Crippen LogP contribution >= 0.6 is 11.6 Å². The monoisotopic (exact) mass is 302 g/mol. The Bertz CT molecular complexity index is 684. The zero-order valence-corrected chi connectivity index (χ0v) is 12.5. The number of hydrazone groups is 1. The summed E-state index contributed by atoms with van der Waals surface area (Å²) < 4.78 is 5.20. The number of carbonyl (C=O) groups excluding carboxylic acids is 1.